The van der Waals surface area contributed by atoms with Gasteiger partial charge in [0.1, 0.15) is 4.34 Å². The molecule has 8 heteroatoms. The third kappa shape index (κ3) is 3.92. The van der Waals surface area contributed by atoms with Gasteiger partial charge in [-0.05, 0) is 0 Å². The highest BCUT2D eigenvalue weighted by molar-refractivity contribution is 7.87. The molecule has 1 aromatic heterocycles. The van der Waals surface area contributed by atoms with Gasteiger partial charge in [0.25, 0.3) is 0 Å². The average Bonchev–Trinajstić information content (AvgIpc) is 2.60. The van der Waals surface area contributed by atoms with Gasteiger partial charge in [-0.25, -0.2) is 9.37 Å². The molecular weight excluding hydrogens is 271 g/mol. The lowest BCUT2D eigenvalue weighted by Crippen LogP contribution is -1.98. The summed E-state index contributed by atoms with van der Waals surface area (Å²) in [5.74, 6) is -1.77. The fraction of sp³-hybridized carbons (Fsp3) is 0.286. The summed E-state index contributed by atoms with van der Waals surface area (Å²) in [7, 11) is -1.58. The number of allylic oxidation sites excluding steroid dienone is 1. The fourth-order valence-electron chi connectivity index (χ4n) is 0.709. The highest BCUT2D eigenvalue weighted by Gasteiger charge is 2.12. The number of thiazole rings is 1. The van der Waals surface area contributed by atoms with E-state index in [9.17, 15) is 17.4 Å². The van der Waals surface area contributed by atoms with Gasteiger partial charge in [-0.15, -0.1) is 0 Å². The van der Waals surface area contributed by atoms with Crippen LogP contribution in [-0.2, 0) is 10.8 Å². The second kappa shape index (κ2) is 5.62. The molecule has 0 aliphatic rings. The van der Waals surface area contributed by atoms with Crippen LogP contribution in [-0.4, -0.2) is 14.9 Å². The van der Waals surface area contributed by atoms with E-state index in [1.165, 1.54) is 6.20 Å². The summed E-state index contributed by atoms with van der Waals surface area (Å²) < 4.78 is 47.6. The summed E-state index contributed by atoms with van der Waals surface area (Å²) in [4.78, 5) is 3.70. The van der Waals surface area contributed by atoms with Gasteiger partial charge < -0.3 is 0 Å². The van der Waals surface area contributed by atoms with Crippen LogP contribution in [0.4, 0.5) is 13.2 Å². The van der Waals surface area contributed by atoms with Crippen molar-refractivity contribution in [3.8, 4) is 0 Å². The number of hydrogen-bond acceptors (Lipinski definition) is 3. The first-order valence-corrected chi connectivity index (χ1v) is 6.21. The quantitative estimate of drug-likeness (QED) is 0.843. The molecule has 0 radical (unpaired) electrons. The van der Waals surface area contributed by atoms with Gasteiger partial charge in [0.05, 0.1) is 17.0 Å². The Hall–Kier alpha value is -0.400. The monoisotopic (exact) mass is 275 g/mol. The van der Waals surface area contributed by atoms with E-state index in [0.29, 0.717) is 4.34 Å². The smallest absolute Gasteiger partial charge is 0.252 e. The van der Waals surface area contributed by atoms with Crippen LogP contribution in [0.15, 0.2) is 22.4 Å². The van der Waals surface area contributed by atoms with Crippen LogP contribution in [0.25, 0.3) is 0 Å². The molecule has 0 aliphatic heterocycles. The van der Waals surface area contributed by atoms with Gasteiger partial charge in [-0.1, -0.05) is 22.9 Å². The van der Waals surface area contributed by atoms with E-state index in [0.717, 1.165) is 11.3 Å². The minimum absolute atomic E-state index is 0.215. The van der Waals surface area contributed by atoms with Crippen molar-refractivity contribution in [2.45, 2.75) is 10.8 Å². The Bertz CT molecular complexity index is 403. The summed E-state index contributed by atoms with van der Waals surface area (Å²) in [5.41, 5.74) is 0. The zero-order valence-corrected chi connectivity index (χ0v) is 9.56. The third-order valence-electron chi connectivity index (χ3n) is 1.36. The number of rotatable bonds is 4. The van der Waals surface area contributed by atoms with Gasteiger partial charge in [-0.2, -0.15) is 8.78 Å². The van der Waals surface area contributed by atoms with Crippen molar-refractivity contribution in [1.29, 1.82) is 0 Å². The topological polar surface area (TPSA) is 30.0 Å². The van der Waals surface area contributed by atoms with E-state index in [1.807, 2.05) is 0 Å². The van der Waals surface area contributed by atoms with Crippen molar-refractivity contribution < 1.29 is 17.4 Å². The van der Waals surface area contributed by atoms with E-state index < -0.39 is 29.1 Å². The molecule has 0 amide bonds. The summed E-state index contributed by atoms with van der Waals surface area (Å²) in [6.45, 7) is 0. The van der Waals surface area contributed by atoms with Crippen LogP contribution in [0, 0.1) is 0 Å². The van der Waals surface area contributed by atoms with Gasteiger partial charge >= 0.3 is 6.08 Å². The minimum atomic E-state index is -2.37. The molecule has 1 rings (SSSR count). The lowest BCUT2D eigenvalue weighted by Gasteiger charge is -1.95. The molecule has 0 aromatic carbocycles. The van der Waals surface area contributed by atoms with Crippen LogP contribution >= 0.6 is 22.9 Å². The lowest BCUT2D eigenvalue weighted by molar-refractivity contribution is 0.373. The zero-order valence-electron chi connectivity index (χ0n) is 7.18. The Morgan fingerprint density at radius 1 is 1.53 bits per heavy atom. The minimum Gasteiger partial charge on any atom is -0.252 e. The van der Waals surface area contributed by atoms with E-state index in [2.05, 4.69) is 4.98 Å². The van der Waals surface area contributed by atoms with E-state index >= 15 is 0 Å². The molecule has 0 saturated carbocycles. The van der Waals surface area contributed by atoms with E-state index in [1.54, 1.807) is 0 Å². The number of hydrogen-bond donors (Lipinski definition) is 0. The highest BCUT2D eigenvalue weighted by Crippen LogP contribution is 2.22. The first-order valence-electron chi connectivity index (χ1n) is 3.70. The first kappa shape index (κ1) is 12.7. The molecule has 1 aromatic rings. The van der Waals surface area contributed by atoms with Crippen molar-refractivity contribution in [3.05, 3.63) is 22.4 Å². The largest absolute Gasteiger partial charge is 0.301 e. The van der Waals surface area contributed by atoms with Gasteiger partial charge in [0.15, 0.2) is 10.2 Å². The summed E-state index contributed by atoms with van der Waals surface area (Å²) in [6, 6.07) is 0. The Labute approximate surface area is 95.2 Å². The van der Waals surface area contributed by atoms with Crippen LogP contribution in [0.3, 0.4) is 0 Å². The molecule has 1 atom stereocenters. The SMILES string of the molecule is O=S(CCC(F)=C(F)F)c1ncc(Cl)s1. The van der Waals surface area contributed by atoms with Gasteiger partial charge in [-0.3, -0.25) is 4.21 Å². The maximum atomic E-state index is 12.4. The van der Waals surface area contributed by atoms with Gasteiger partial charge in [0.2, 0.25) is 0 Å². The van der Waals surface area contributed by atoms with Crippen molar-refractivity contribution in [2.75, 3.05) is 5.75 Å². The molecule has 0 spiro atoms. The first-order chi connectivity index (χ1) is 7.00. The van der Waals surface area contributed by atoms with E-state index in [4.69, 9.17) is 11.6 Å². The van der Waals surface area contributed by atoms with Crippen molar-refractivity contribution >= 4 is 33.7 Å². The average molecular weight is 276 g/mol. The molecule has 1 unspecified atom stereocenters. The molecule has 15 heavy (non-hydrogen) atoms. The maximum Gasteiger partial charge on any atom is 0.301 e. The Kier molecular flexibility index (Phi) is 4.75. The van der Waals surface area contributed by atoms with Crippen LogP contribution in [0.5, 0.6) is 0 Å². The van der Waals surface area contributed by atoms with Crippen LogP contribution in [0.2, 0.25) is 4.34 Å². The highest BCUT2D eigenvalue weighted by atomic mass is 35.5. The van der Waals surface area contributed by atoms with Crippen molar-refractivity contribution in [3.63, 3.8) is 0 Å². The molecule has 84 valence electrons. The lowest BCUT2D eigenvalue weighted by atomic mass is 10.4. The normalized spacial score (nSPS) is 12.5. The summed E-state index contributed by atoms with van der Waals surface area (Å²) in [6.07, 6.45) is -1.63. The molecule has 1 heterocycles. The predicted molar refractivity (Wildman–Crippen MR) is 53.4 cm³/mol. The molecular formula is C7H5ClF3NOS2. The Balaban J connectivity index is 2.54. The zero-order chi connectivity index (χ0) is 11.4. The molecule has 0 saturated heterocycles. The third-order valence-corrected chi connectivity index (χ3v) is 4.15. The number of aromatic nitrogens is 1. The van der Waals surface area contributed by atoms with Crippen molar-refractivity contribution in [2.24, 2.45) is 0 Å². The second-order valence-electron chi connectivity index (χ2n) is 2.40. The number of nitrogens with zero attached hydrogens (tertiary/aromatic N) is 1. The molecule has 2 nitrogen and oxygen atoms in total. The maximum absolute atomic E-state index is 12.4. The van der Waals surface area contributed by atoms with Crippen molar-refractivity contribution in [1.82, 2.24) is 4.98 Å². The fourth-order valence-corrected chi connectivity index (χ4v) is 3.09. The van der Waals surface area contributed by atoms with Gasteiger partial charge in [0, 0.05) is 12.2 Å². The summed E-state index contributed by atoms with van der Waals surface area (Å²) in [5, 5.41) is 0. The molecule has 0 fully saturated rings. The second-order valence-corrected chi connectivity index (χ2v) is 5.80. The van der Waals surface area contributed by atoms with Crippen LogP contribution < -0.4 is 0 Å². The number of halogens is 4. The Morgan fingerprint density at radius 2 is 2.20 bits per heavy atom. The molecule has 0 aliphatic carbocycles. The van der Waals surface area contributed by atoms with Crippen LogP contribution in [0.1, 0.15) is 6.42 Å². The van der Waals surface area contributed by atoms with E-state index in [-0.39, 0.29) is 10.1 Å². The molecule has 0 bridgehead atoms. The standard InChI is InChI=1S/C7H5ClF3NOS2/c8-5-3-12-7(14-5)15(13)2-1-4(9)6(10)11/h3H,1-2H2. The molecule has 0 N–H and O–H groups in total. The Morgan fingerprint density at radius 3 is 2.67 bits per heavy atom. The summed E-state index contributed by atoms with van der Waals surface area (Å²) >= 11 is 6.52. The predicted octanol–water partition coefficient (Wildman–Crippen LogP) is 3.37.